The number of amides is 1. The van der Waals surface area contributed by atoms with Crippen LogP contribution >= 0.6 is 0 Å². The van der Waals surface area contributed by atoms with E-state index in [0.717, 1.165) is 62.6 Å². The largest absolute Gasteiger partial charge is 0.454 e. The molecule has 1 amide bonds. The molecule has 1 fully saturated rings. The first-order valence-corrected chi connectivity index (χ1v) is 8.26. The van der Waals surface area contributed by atoms with Crippen LogP contribution in [0.1, 0.15) is 18.4 Å². The first kappa shape index (κ1) is 15.9. The van der Waals surface area contributed by atoms with Gasteiger partial charge in [-0.2, -0.15) is 0 Å². The van der Waals surface area contributed by atoms with Crippen molar-refractivity contribution in [1.82, 2.24) is 9.80 Å². The van der Waals surface area contributed by atoms with Gasteiger partial charge in [0.2, 0.25) is 12.7 Å². The minimum atomic E-state index is 0.239. The van der Waals surface area contributed by atoms with Gasteiger partial charge in [-0.1, -0.05) is 12.1 Å². The number of aryl methyl sites for hydroxylation is 1. The Morgan fingerprint density at radius 1 is 1.17 bits per heavy atom. The molecule has 0 spiro atoms. The van der Waals surface area contributed by atoms with Gasteiger partial charge < -0.3 is 14.4 Å². The van der Waals surface area contributed by atoms with E-state index >= 15 is 0 Å². The van der Waals surface area contributed by atoms with Gasteiger partial charge in [0.15, 0.2) is 11.5 Å². The molecule has 5 heteroatoms. The fourth-order valence-electron chi connectivity index (χ4n) is 3.09. The summed E-state index contributed by atoms with van der Waals surface area (Å²) in [6.45, 7) is 8.61. The Balaban J connectivity index is 1.50. The predicted octanol–water partition coefficient (Wildman–Crippen LogP) is 2.07. The lowest BCUT2D eigenvalue weighted by Gasteiger charge is -2.21. The van der Waals surface area contributed by atoms with Crippen LogP contribution in [0.15, 0.2) is 30.9 Å². The Kier molecular flexibility index (Phi) is 5.18. The van der Waals surface area contributed by atoms with Crippen LogP contribution in [0.25, 0.3) is 0 Å². The third kappa shape index (κ3) is 4.05. The van der Waals surface area contributed by atoms with Crippen molar-refractivity contribution in [3.63, 3.8) is 0 Å². The van der Waals surface area contributed by atoms with Crippen LogP contribution in [0.5, 0.6) is 11.5 Å². The summed E-state index contributed by atoms with van der Waals surface area (Å²) in [5.74, 6) is 1.81. The van der Waals surface area contributed by atoms with Gasteiger partial charge in [0.1, 0.15) is 0 Å². The average molecular weight is 316 g/mol. The molecular formula is C18H24N2O3. The average Bonchev–Trinajstić information content (AvgIpc) is 2.90. The molecule has 1 aromatic carbocycles. The molecule has 3 rings (SSSR count). The number of carbonyl (C=O) groups excluding carboxylic acids is 1. The SMILES string of the molecule is C=CCN1CCCN(C(=O)CCc2ccc3c(c2)OCO3)CC1. The first-order valence-electron chi connectivity index (χ1n) is 8.26. The van der Waals surface area contributed by atoms with E-state index in [2.05, 4.69) is 11.5 Å². The molecule has 0 aromatic heterocycles. The molecule has 0 N–H and O–H groups in total. The molecule has 1 aromatic rings. The van der Waals surface area contributed by atoms with Crippen LogP contribution in [0.2, 0.25) is 0 Å². The summed E-state index contributed by atoms with van der Waals surface area (Å²) in [5, 5.41) is 0. The van der Waals surface area contributed by atoms with Crippen LogP contribution in [-0.2, 0) is 11.2 Å². The monoisotopic (exact) mass is 316 g/mol. The Morgan fingerprint density at radius 3 is 2.91 bits per heavy atom. The van der Waals surface area contributed by atoms with E-state index in [9.17, 15) is 4.79 Å². The molecule has 0 atom stereocenters. The van der Waals surface area contributed by atoms with Crippen molar-refractivity contribution in [2.24, 2.45) is 0 Å². The molecule has 23 heavy (non-hydrogen) atoms. The van der Waals surface area contributed by atoms with Crippen molar-refractivity contribution in [1.29, 1.82) is 0 Å². The Hall–Kier alpha value is -2.01. The van der Waals surface area contributed by atoms with E-state index in [-0.39, 0.29) is 12.7 Å². The van der Waals surface area contributed by atoms with Crippen LogP contribution in [0, 0.1) is 0 Å². The molecule has 0 saturated carbocycles. The second-order valence-corrected chi connectivity index (χ2v) is 6.01. The topological polar surface area (TPSA) is 42.0 Å². The van der Waals surface area contributed by atoms with Crippen molar-refractivity contribution in [2.45, 2.75) is 19.3 Å². The third-order valence-electron chi connectivity index (χ3n) is 4.39. The van der Waals surface area contributed by atoms with Gasteiger partial charge in [-0.05, 0) is 30.5 Å². The number of hydrogen-bond acceptors (Lipinski definition) is 4. The molecule has 0 unspecified atom stereocenters. The van der Waals surface area contributed by atoms with Gasteiger partial charge in [-0.15, -0.1) is 6.58 Å². The van der Waals surface area contributed by atoms with Gasteiger partial charge >= 0.3 is 0 Å². The zero-order valence-corrected chi connectivity index (χ0v) is 13.5. The molecule has 1 saturated heterocycles. The maximum atomic E-state index is 12.5. The van der Waals surface area contributed by atoms with E-state index in [0.29, 0.717) is 6.42 Å². The second-order valence-electron chi connectivity index (χ2n) is 6.01. The summed E-state index contributed by atoms with van der Waals surface area (Å²) in [4.78, 5) is 16.8. The molecule has 2 aliphatic rings. The van der Waals surface area contributed by atoms with Gasteiger partial charge in [0, 0.05) is 39.1 Å². The van der Waals surface area contributed by atoms with Crippen LogP contribution < -0.4 is 9.47 Å². The first-order chi connectivity index (χ1) is 11.3. The number of nitrogens with zero attached hydrogens (tertiary/aromatic N) is 2. The number of benzene rings is 1. The summed E-state index contributed by atoms with van der Waals surface area (Å²) in [6.07, 6.45) is 4.24. The summed E-state index contributed by atoms with van der Waals surface area (Å²) in [7, 11) is 0. The van der Waals surface area contributed by atoms with E-state index in [1.54, 1.807) is 0 Å². The highest BCUT2D eigenvalue weighted by Gasteiger charge is 2.19. The summed E-state index contributed by atoms with van der Waals surface area (Å²) < 4.78 is 10.7. The van der Waals surface area contributed by atoms with Crippen molar-refractivity contribution >= 4 is 5.91 Å². The van der Waals surface area contributed by atoms with E-state index in [1.807, 2.05) is 29.2 Å². The zero-order chi connectivity index (χ0) is 16.1. The lowest BCUT2D eigenvalue weighted by molar-refractivity contribution is -0.131. The molecule has 0 radical (unpaired) electrons. The quantitative estimate of drug-likeness (QED) is 0.780. The summed E-state index contributed by atoms with van der Waals surface area (Å²) in [6, 6.07) is 5.90. The fraction of sp³-hybridized carbons (Fsp3) is 0.500. The molecule has 124 valence electrons. The van der Waals surface area contributed by atoms with Crippen molar-refractivity contribution in [3.05, 3.63) is 36.4 Å². The summed E-state index contributed by atoms with van der Waals surface area (Å²) >= 11 is 0. The van der Waals surface area contributed by atoms with Crippen molar-refractivity contribution in [2.75, 3.05) is 39.5 Å². The molecular weight excluding hydrogens is 292 g/mol. The molecule has 0 bridgehead atoms. The van der Waals surface area contributed by atoms with E-state index in [1.165, 1.54) is 0 Å². The second kappa shape index (κ2) is 7.51. The highest BCUT2D eigenvalue weighted by molar-refractivity contribution is 5.76. The smallest absolute Gasteiger partial charge is 0.231 e. The summed E-state index contributed by atoms with van der Waals surface area (Å²) in [5.41, 5.74) is 1.12. The van der Waals surface area contributed by atoms with Crippen LogP contribution in [-0.4, -0.2) is 55.2 Å². The van der Waals surface area contributed by atoms with Gasteiger partial charge in [-0.25, -0.2) is 0 Å². The van der Waals surface area contributed by atoms with Gasteiger partial charge in [0.05, 0.1) is 0 Å². The normalized spacial score (nSPS) is 17.8. The van der Waals surface area contributed by atoms with Crippen LogP contribution in [0.3, 0.4) is 0 Å². The van der Waals surface area contributed by atoms with Crippen LogP contribution in [0.4, 0.5) is 0 Å². The molecule has 5 nitrogen and oxygen atoms in total. The fourth-order valence-corrected chi connectivity index (χ4v) is 3.09. The molecule has 2 heterocycles. The minimum Gasteiger partial charge on any atom is -0.454 e. The number of fused-ring (bicyclic) bond motifs is 1. The number of carbonyl (C=O) groups is 1. The van der Waals surface area contributed by atoms with E-state index in [4.69, 9.17) is 9.47 Å². The lowest BCUT2D eigenvalue weighted by atomic mass is 10.1. The van der Waals surface area contributed by atoms with Crippen molar-refractivity contribution in [3.8, 4) is 11.5 Å². The molecule has 0 aliphatic carbocycles. The number of rotatable bonds is 5. The van der Waals surface area contributed by atoms with Gasteiger partial charge in [-0.3, -0.25) is 9.69 Å². The minimum absolute atomic E-state index is 0.239. The highest BCUT2D eigenvalue weighted by atomic mass is 16.7. The predicted molar refractivity (Wildman–Crippen MR) is 88.7 cm³/mol. The lowest BCUT2D eigenvalue weighted by Crippen LogP contribution is -2.35. The standard InChI is InChI=1S/C18H24N2O3/c1-2-8-19-9-3-10-20(12-11-19)18(21)7-5-15-4-6-16-17(13-15)23-14-22-16/h2,4,6,13H,1,3,5,7-12,14H2. The Bertz CT molecular complexity index is 573. The third-order valence-corrected chi connectivity index (χ3v) is 4.39. The molecule has 2 aliphatic heterocycles. The maximum absolute atomic E-state index is 12.5. The zero-order valence-electron chi connectivity index (χ0n) is 13.5. The Morgan fingerprint density at radius 2 is 2.04 bits per heavy atom. The highest BCUT2D eigenvalue weighted by Crippen LogP contribution is 2.32. The van der Waals surface area contributed by atoms with E-state index < -0.39 is 0 Å². The number of hydrogen-bond donors (Lipinski definition) is 0. The van der Waals surface area contributed by atoms with Gasteiger partial charge in [0.25, 0.3) is 0 Å². The number of ether oxygens (including phenoxy) is 2. The Labute approximate surface area is 137 Å². The van der Waals surface area contributed by atoms with Crippen molar-refractivity contribution < 1.29 is 14.3 Å². The maximum Gasteiger partial charge on any atom is 0.231 e.